The van der Waals surface area contributed by atoms with E-state index in [1.54, 1.807) is 26.0 Å². The summed E-state index contributed by atoms with van der Waals surface area (Å²) in [7, 11) is 0. The topological polar surface area (TPSA) is 52.6 Å². The van der Waals surface area contributed by atoms with Crippen molar-refractivity contribution in [3.63, 3.8) is 0 Å². The van der Waals surface area contributed by atoms with Crippen molar-refractivity contribution in [2.24, 2.45) is 0 Å². The van der Waals surface area contributed by atoms with Gasteiger partial charge in [0.2, 0.25) is 0 Å². The summed E-state index contributed by atoms with van der Waals surface area (Å²) in [6.45, 7) is 4.05. The standard InChI is InChI=1S/C40H30O4/c1-3-43-39(41)35-24-34(31-20-18-28-17-16-26-12-8-13-27-19-21-32(31)38(28)37(26)27)36(40(42)44-4-2)23-33(35)30-15-9-14-29(22-30)25-10-6-5-7-11-25/h5-24H,3-4H2,1-2H3. The van der Waals surface area contributed by atoms with E-state index in [0.29, 0.717) is 22.3 Å². The van der Waals surface area contributed by atoms with Gasteiger partial charge in [0.05, 0.1) is 24.3 Å². The maximum Gasteiger partial charge on any atom is 0.338 e. The lowest BCUT2D eigenvalue weighted by Crippen LogP contribution is -2.12. The largest absolute Gasteiger partial charge is 0.462 e. The first-order valence-electron chi connectivity index (χ1n) is 14.9. The number of benzene rings is 7. The fourth-order valence-corrected chi connectivity index (χ4v) is 6.28. The molecule has 0 unspecified atom stereocenters. The first kappa shape index (κ1) is 27.4. The highest BCUT2D eigenvalue weighted by molar-refractivity contribution is 6.26. The molecule has 0 radical (unpaired) electrons. The Labute approximate surface area is 255 Å². The second kappa shape index (κ2) is 11.3. The number of hydrogen-bond acceptors (Lipinski definition) is 4. The second-order valence-corrected chi connectivity index (χ2v) is 10.8. The second-order valence-electron chi connectivity index (χ2n) is 10.8. The van der Waals surface area contributed by atoms with Crippen LogP contribution in [0.25, 0.3) is 65.7 Å². The van der Waals surface area contributed by atoms with E-state index in [4.69, 9.17) is 9.47 Å². The van der Waals surface area contributed by atoms with Crippen LogP contribution in [0.5, 0.6) is 0 Å². The maximum atomic E-state index is 13.6. The van der Waals surface area contributed by atoms with Crippen molar-refractivity contribution in [1.82, 2.24) is 0 Å². The SMILES string of the molecule is CCOC(=O)c1cc(-c2ccc3ccc4cccc5ccc2c3c45)c(C(=O)OCC)cc1-c1cccc(-c2ccccc2)c1. The average Bonchev–Trinajstić information content (AvgIpc) is 3.07. The third-order valence-electron chi connectivity index (χ3n) is 8.25. The smallest absolute Gasteiger partial charge is 0.338 e. The Kier molecular flexibility index (Phi) is 7.03. The van der Waals surface area contributed by atoms with Gasteiger partial charge in [-0.1, -0.05) is 103 Å². The minimum Gasteiger partial charge on any atom is -0.462 e. The van der Waals surface area contributed by atoms with Gasteiger partial charge in [0, 0.05) is 0 Å². The Bertz CT molecular complexity index is 2160. The Morgan fingerprint density at radius 1 is 0.477 bits per heavy atom. The predicted molar refractivity (Wildman–Crippen MR) is 178 cm³/mol. The van der Waals surface area contributed by atoms with E-state index in [1.807, 2.05) is 60.7 Å². The van der Waals surface area contributed by atoms with Crippen molar-refractivity contribution < 1.29 is 19.1 Å². The molecule has 0 heterocycles. The fourth-order valence-electron chi connectivity index (χ4n) is 6.28. The fraction of sp³-hybridized carbons (Fsp3) is 0.100. The average molecular weight is 575 g/mol. The van der Waals surface area contributed by atoms with E-state index in [1.165, 1.54) is 5.39 Å². The third-order valence-corrected chi connectivity index (χ3v) is 8.25. The van der Waals surface area contributed by atoms with Gasteiger partial charge in [-0.05, 0) is 97.7 Å². The molecular formula is C40H30O4. The Balaban J connectivity index is 1.51. The van der Waals surface area contributed by atoms with Gasteiger partial charge in [-0.15, -0.1) is 0 Å². The molecule has 0 fully saturated rings. The van der Waals surface area contributed by atoms with Gasteiger partial charge in [-0.3, -0.25) is 0 Å². The zero-order valence-corrected chi connectivity index (χ0v) is 24.6. The summed E-state index contributed by atoms with van der Waals surface area (Å²) in [4.78, 5) is 27.2. The van der Waals surface area contributed by atoms with Crippen LogP contribution in [0.1, 0.15) is 34.6 Å². The van der Waals surface area contributed by atoms with Crippen LogP contribution >= 0.6 is 0 Å². The lowest BCUT2D eigenvalue weighted by atomic mass is 9.86. The number of hydrogen-bond donors (Lipinski definition) is 0. The van der Waals surface area contributed by atoms with Gasteiger partial charge in [0.25, 0.3) is 0 Å². The summed E-state index contributed by atoms with van der Waals surface area (Å²) in [5, 5.41) is 6.75. The van der Waals surface area contributed by atoms with E-state index in [9.17, 15) is 9.59 Å². The number of rotatable bonds is 7. The number of ether oxygens (including phenoxy) is 2. The van der Waals surface area contributed by atoms with E-state index in [2.05, 4.69) is 48.5 Å². The summed E-state index contributed by atoms with van der Waals surface area (Å²) < 4.78 is 11.2. The predicted octanol–water partition coefficient (Wildman–Crippen LogP) is 9.94. The van der Waals surface area contributed by atoms with Crippen molar-refractivity contribution >= 4 is 44.3 Å². The number of carbonyl (C=O) groups excluding carboxylic acids is 2. The van der Waals surface area contributed by atoms with Crippen LogP contribution in [-0.2, 0) is 9.47 Å². The molecule has 7 rings (SSSR count). The molecule has 214 valence electrons. The summed E-state index contributed by atoms with van der Waals surface area (Å²) >= 11 is 0. The van der Waals surface area contributed by atoms with Gasteiger partial charge in [0.1, 0.15) is 0 Å². The van der Waals surface area contributed by atoms with E-state index in [-0.39, 0.29) is 13.2 Å². The normalized spacial score (nSPS) is 11.3. The van der Waals surface area contributed by atoms with Crippen LogP contribution in [0.4, 0.5) is 0 Å². The molecule has 7 aromatic rings. The van der Waals surface area contributed by atoms with Crippen molar-refractivity contribution in [3.05, 3.63) is 132 Å². The van der Waals surface area contributed by atoms with E-state index >= 15 is 0 Å². The Morgan fingerprint density at radius 3 is 1.73 bits per heavy atom. The molecule has 0 aliphatic heterocycles. The molecule has 0 aromatic heterocycles. The lowest BCUT2D eigenvalue weighted by Gasteiger charge is -2.19. The molecule has 4 nitrogen and oxygen atoms in total. The summed E-state index contributed by atoms with van der Waals surface area (Å²) in [6.07, 6.45) is 0. The first-order chi connectivity index (χ1) is 21.6. The van der Waals surface area contributed by atoms with Crippen molar-refractivity contribution in [1.29, 1.82) is 0 Å². The van der Waals surface area contributed by atoms with Crippen LogP contribution in [0.2, 0.25) is 0 Å². The minimum atomic E-state index is -0.443. The van der Waals surface area contributed by atoms with E-state index in [0.717, 1.165) is 49.2 Å². The molecule has 0 saturated carbocycles. The van der Waals surface area contributed by atoms with Gasteiger partial charge in [-0.25, -0.2) is 9.59 Å². The highest BCUT2D eigenvalue weighted by atomic mass is 16.5. The summed E-state index contributed by atoms with van der Waals surface area (Å²) in [5.41, 5.74) is 5.77. The summed E-state index contributed by atoms with van der Waals surface area (Å²) in [6, 6.07) is 40.6. The molecule has 7 aromatic carbocycles. The highest BCUT2D eigenvalue weighted by Gasteiger charge is 2.24. The molecule has 0 N–H and O–H groups in total. The van der Waals surface area contributed by atoms with Gasteiger partial charge in [-0.2, -0.15) is 0 Å². The monoisotopic (exact) mass is 574 g/mol. The molecule has 0 amide bonds. The number of esters is 2. The molecule has 0 aliphatic carbocycles. The van der Waals surface area contributed by atoms with Gasteiger partial charge >= 0.3 is 11.9 Å². The van der Waals surface area contributed by atoms with Crippen molar-refractivity contribution in [3.8, 4) is 33.4 Å². The molecule has 0 aliphatic rings. The maximum absolute atomic E-state index is 13.6. The first-order valence-corrected chi connectivity index (χ1v) is 14.9. The van der Waals surface area contributed by atoms with Gasteiger partial charge < -0.3 is 9.47 Å². The van der Waals surface area contributed by atoms with Crippen molar-refractivity contribution in [2.45, 2.75) is 13.8 Å². The molecule has 0 bridgehead atoms. The van der Waals surface area contributed by atoms with Crippen LogP contribution < -0.4 is 0 Å². The van der Waals surface area contributed by atoms with Crippen LogP contribution in [-0.4, -0.2) is 25.2 Å². The molecule has 0 spiro atoms. The molecule has 0 saturated heterocycles. The lowest BCUT2D eigenvalue weighted by molar-refractivity contribution is 0.0513. The zero-order valence-electron chi connectivity index (χ0n) is 24.6. The molecule has 4 heteroatoms. The molecule has 0 atom stereocenters. The molecule has 44 heavy (non-hydrogen) atoms. The quantitative estimate of drug-likeness (QED) is 0.140. The van der Waals surface area contributed by atoms with Gasteiger partial charge in [0.15, 0.2) is 0 Å². The highest BCUT2D eigenvalue weighted by Crippen LogP contribution is 2.42. The van der Waals surface area contributed by atoms with Crippen LogP contribution in [0.15, 0.2) is 121 Å². The van der Waals surface area contributed by atoms with Crippen molar-refractivity contribution in [2.75, 3.05) is 13.2 Å². The summed E-state index contributed by atoms with van der Waals surface area (Å²) in [5.74, 6) is -0.883. The van der Waals surface area contributed by atoms with Crippen LogP contribution in [0.3, 0.4) is 0 Å². The molecular weight excluding hydrogens is 544 g/mol. The minimum absolute atomic E-state index is 0.231. The van der Waals surface area contributed by atoms with Crippen LogP contribution in [0, 0.1) is 0 Å². The van der Waals surface area contributed by atoms with E-state index < -0.39 is 11.9 Å². The Hall–Kier alpha value is -5.48. The Morgan fingerprint density at radius 2 is 1.02 bits per heavy atom. The third kappa shape index (κ3) is 4.65. The number of carbonyl (C=O) groups is 2. The zero-order chi connectivity index (χ0) is 30.2.